The van der Waals surface area contributed by atoms with E-state index in [4.69, 9.17) is 4.74 Å². The number of amides is 2. The van der Waals surface area contributed by atoms with Crippen LogP contribution >= 0.6 is 0 Å². The number of nitrogens with zero attached hydrogens (tertiary/aromatic N) is 2. The quantitative estimate of drug-likeness (QED) is 0.902. The number of rotatable bonds is 3. The van der Waals surface area contributed by atoms with Gasteiger partial charge in [0.2, 0.25) is 0 Å². The van der Waals surface area contributed by atoms with Crippen LogP contribution in [0.5, 0.6) is 0 Å². The van der Waals surface area contributed by atoms with Crippen LogP contribution in [0, 0.1) is 6.92 Å². The van der Waals surface area contributed by atoms with Crippen molar-refractivity contribution in [3.63, 3.8) is 0 Å². The van der Waals surface area contributed by atoms with Gasteiger partial charge < -0.3 is 19.9 Å². The van der Waals surface area contributed by atoms with Gasteiger partial charge in [0.1, 0.15) is 0 Å². The van der Waals surface area contributed by atoms with E-state index in [1.54, 1.807) is 4.90 Å². The van der Waals surface area contributed by atoms with Gasteiger partial charge in [0.05, 0.1) is 0 Å². The predicted octanol–water partition coefficient (Wildman–Crippen LogP) is 1.000. The molecule has 0 aliphatic carbocycles. The summed E-state index contributed by atoms with van der Waals surface area (Å²) in [5.41, 5.74) is 2.40. The van der Waals surface area contributed by atoms with Gasteiger partial charge in [-0.25, -0.2) is 4.79 Å². The van der Waals surface area contributed by atoms with Crippen LogP contribution in [0.2, 0.25) is 0 Å². The molecule has 0 radical (unpaired) electrons. The summed E-state index contributed by atoms with van der Waals surface area (Å²) in [6.45, 7) is 4.55. The van der Waals surface area contributed by atoms with Crippen LogP contribution in [0.15, 0.2) is 24.3 Å². The Hall–Kier alpha value is -2.24. The van der Waals surface area contributed by atoms with Crippen LogP contribution in [-0.4, -0.2) is 56.7 Å². The summed E-state index contributed by atoms with van der Waals surface area (Å²) in [6, 6.07) is 8.35. The summed E-state index contributed by atoms with van der Waals surface area (Å²) in [4.78, 5) is 26.7. The Morgan fingerprint density at radius 3 is 2.33 bits per heavy atom. The van der Waals surface area contributed by atoms with E-state index < -0.39 is 6.09 Å². The largest absolute Gasteiger partial charge is 0.439 e. The number of piperazine rings is 1. The minimum absolute atomic E-state index is 0.229. The SMILES string of the molecule is CNC(=O)COC(=O)N1CCN(c2ccc(C)cc2)CC1. The van der Waals surface area contributed by atoms with E-state index in [0.29, 0.717) is 13.1 Å². The van der Waals surface area contributed by atoms with Gasteiger partial charge >= 0.3 is 6.09 Å². The molecule has 1 aromatic rings. The summed E-state index contributed by atoms with van der Waals surface area (Å²) in [5, 5.41) is 2.41. The van der Waals surface area contributed by atoms with Gasteiger partial charge in [-0.3, -0.25) is 4.79 Å². The first-order valence-electron chi connectivity index (χ1n) is 7.04. The molecular weight excluding hydrogens is 270 g/mol. The van der Waals surface area contributed by atoms with Gasteiger partial charge in [-0.1, -0.05) is 17.7 Å². The van der Waals surface area contributed by atoms with Crippen LogP contribution in [0.1, 0.15) is 5.56 Å². The van der Waals surface area contributed by atoms with Gasteiger partial charge in [0.15, 0.2) is 6.61 Å². The van der Waals surface area contributed by atoms with Crippen LogP contribution in [0.3, 0.4) is 0 Å². The molecule has 0 spiro atoms. The maximum atomic E-state index is 11.8. The summed E-state index contributed by atoms with van der Waals surface area (Å²) >= 11 is 0. The molecule has 2 amide bonds. The van der Waals surface area contributed by atoms with Gasteiger partial charge in [0, 0.05) is 38.9 Å². The normalized spacial score (nSPS) is 14.8. The average molecular weight is 291 g/mol. The fraction of sp³-hybridized carbons (Fsp3) is 0.467. The molecule has 1 fully saturated rings. The molecule has 0 atom stereocenters. The maximum Gasteiger partial charge on any atom is 0.410 e. The average Bonchev–Trinajstić information content (AvgIpc) is 2.53. The Balaban J connectivity index is 1.81. The Morgan fingerprint density at radius 2 is 1.76 bits per heavy atom. The number of carbonyl (C=O) groups excluding carboxylic acids is 2. The van der Waals surface area contributed by atoms with E-state index in [0.717, 1.165) is 13.1 Å². The van der Waals surface area contributed by atoms with E-state index in [1.165, 1.54) is 18.3 Å². The summed E-state index contributed by atoms with van der Waals surface area (Å²) in [7, 11) is 1.51. The van der Waals surface area contributed by atoms with Crippen LogP contribution in [0.4, 0.5) is 10.5 Å². The van der Waals surface area contributed by atoms with E-state index in [1.807, 2.05) is 0 Å². The van der Waals surface area contributed by atoms with Crippen LogP contribution < -0.4 is 10.2 Å². The molecule has 21 heavy (non-hydrogen) atoms. The number of aryl methyl sites for hydroxylation is 1. The van der Waals surface area contributed by atoms with Gasteiger partial charge in [0.25, 0.3) is 5.91 Å². The van der Waals surface area contributed by atoms with Gasteiger partial charge in [-0.2, -0.15) is 0 Å². The van der Waals surface area contributed by atoms with Crippen molar-refractivity contribution in [1.29, 1.82) is 0 Å². The number of hydrogen-bond acceptors (Lipinski definition) is 4. The third-order valence-electron chi connectivity index (χ3n) is 3.54. The van der Waals surface area contributed by atoms with Crippen molar-refractivity contribution in [2.45, 2.75) is 6.92 Å². The molecule has 0 saturated carbocycles. The highest BCUT2D eigenvalue weighted by molar-refractivity contribution is 5.79. The topological polar surface area (TPSA) is 61.9 Å². The van der Waals surface area contributed by atoms with E-state index in [9.17, 15) is 9.59 Å². The molecule has 1 saturated heterocycles. The van der Waals surface area contributed by atoms with Crippen molar-refractivity contribution in [2.24, 2.45) is 0 Å². The molecule has 1 aromatic carbocycles. The fourth-order valence-corrected chi connectivity index (χ4v) is 2.19. The predicted molar refractivity (Wildman–Crippen MR) is 80.4 cm³/mol. The molecule has 0 bridgehead atoms. The number of hydrogen-bond donors (Lipinski definition) is 1. The van der Waals surface area contributed by atoms with Crippen molar-refractivity contribution in [2.75, 3.05) is 44.7 Å². The number of likely N-dealkylation sites (N-methyl/N-ethyl adjacent to an activating group) is 1. The number of ether oxygens (including phenoxy) is 1. The van der Waals surface area contributed by atoms with E-state index in [-0.39, 0.29) is 12.5 Å². The summed E-state index contributed by atoms with van der Waals surface area (Å²) < 4.78 is 4.95. The third-order valence-corrected chi connectivity index (χ3v) is 3.54. The second kappa shape index (κ2) is 6.97. The number of carbonyl (C=O) groups is 2. The monoisotopic (exact) mass is 291 g/mol. The van der Waals surface area contributed by atoms with Crippen molar-refractivity contribution in [1.82, 2.24) is 10.2 Å². The lowest BCUT2D eigenvalue weighted by Crippen LogP contribution is -2.49. The standard InChI is InChI=1S/C15H21N3O3/c1-12-3-5-13(6-4-12)17-7-9-18(10-8-17)15(20)21-11-14(19)16-2/h3-6H,7-11H2,1-2H3,(H,16,19). The van der Waals surface area contributed by atoms with Gasteiger partial charge in [-0.15, -0.1) is 0 Å². The highest BCUT2D eigenvalue weighted by atomic mass is 16.6. The Kier molecular flexibility index (Phi) is 5.03. The molecule has 2 rings (SSSR count). The number of benzene rings is 1. The molecule has 0 unspecified atom stereocenters. The highest BCUT2D eigenvalue weighted by Crippen LogP contribution is 2.17. The minimum Gasteiger partial charge on any atom is -0.439 e. The Labute approximate surface area is 124 Å². The molecule has 0 aromatic heterocycles. The van der Waals surface area contributed by atoms with Crippen molar-refractivity contribution < 1.29 is 14.3 Å². The lowest BCUT2D eigenvalue weighted by atomic mass is 10.2. The van der Waals surface area contributed by atoms with Crippen molar-refractivity contribution >= 4 is 17.7 Å². The van der Waals surface area contributed by atoms with Gasteiger partial charge in [-0.05, 0) is 19.1 Å². The second-order valence-electron chi connectivity index (χ2n) is 5.04. The molecule has 6 nitrogen and oxygen atoms in total. The fourth-order valence-electron chi connectivity index (χ4n) is 2.19. The highest BCUT2D eigenvalue weighted by Gasteiger charge is 2.22. The number of anilines is 1. The molecule has 114 valence electrons. The minimum atomic E-state index is -0.429. The molecule has 1 aliphatic rings. The van der Waals surface area contributed by atoms with Crippen LogP contribution in [0.25, 0.3) is 0 Å². The number of nitrogens with one attached hydrogen (secondary N) is 1. The summed E-state index contributed by atoms with van der Waals surface area (Å²) in [6.07, 6.45) is -0.429. The molecule has 1 N–H and O–H groups in total. The van der Waals surface area contributed by atoms with Crippen LogP contribution in [-0.2, 0) is 9.53 Å². The van der Waals surface area contributed by atoms with E-state index >= 15 is 0 Å². The van der Waals surface area contributed by atoms with Crippen molar-refractivity contribution in [3.8, 4) is 0 Å². The first-order chi connectivity index (χ1) is 10.1. The smallest absolute Gasteiger partial charge is 0.410 e. The first-order valence-corrected chi connectivity index (χ1v) is 7.04. The molecular formula is C15H21N3O3. The van der Waals surface area contributed by atoms with Crippen molar-refractivity contribution in [3.05, 3.63) is 29.8 Å². The summed E-state index contributed by atoms with van der Waals surface area (Å²) in [5.74, 6) is -0.304. The Morgan fingerprint density at radius 1 is 1.14 bits per heavy atom. The zero-order chi connectivity index (χ0) is 15.2. The molecule has 1 aliphatic heterocycles. The lowest BCUT2D eigenvalue weighted by molar-refractivity contribution is -0.123. The zero-order valence-corrected chi connectivity index (χ0v) is 12.5. The lowest BCUT2D eigenvalue weighted by Gasteiger charge is -2.35. The molecule has 6 heteroatoms. The zero-order valence-electron chi connectivity index (χ0n) is 12.5. The first kappa shape index (κ1) is 15.2. The Bertz CT molecular complexity index is 493. The maximum absolute atomic E-state index is 11.8. The van der Waals surface area contributed by atoms with E-state index in [2.05, 4.69) is 41.4 Å². The molecule has 1 heterocycles. The third kappa shape index (κ3) is 4.11. The second-order valence-corrected chi connectivity index (χ2v) is 5.04.